The van der Waals surface area contributed by atoms with Gasteiger partial charge in [-0.2, -0.15) is 0 Å². The lowest BCUT2D eigenvalue weighted by Gasteiger charge is -2.28. The molecule has 0 saturated carbocycles. The maximum absolute atomic E-state index is 15.1. The normalized spacial score (nSPS) is 13.8. The zero-order valence-corrected chi connectivity index (χ0v) is 74.5. The van der Waals surface area contributed by atoms with Crippen LogP contribution in [0, 0.1) is 5.92 Å². The number of phenols is 1. The Morgan fingerprint density at radius 3 is 1.15 bits per heavy atom. The van der Waals surface area contributed by atoms with Gasteiger partial charge in [0, 0.05) is 55.0 Å². The predicted molar refractivity (Wildman–Crippen MR) is 479 cm³/mol. The molecular formula is C84H114N20O27S2. The lowest BCUT2D eigenvalue weighted by molar-refractivity contribution is -0.144. The molecule has 47 nitrogen and oxygen atoms in total. The van der Waals surface area contributed by atoms with Crippen LogP contribution in [0.25, 0.3) is 0 Å². The highest BCUT2D eigenvalue weighted by molar-refractivity contribution is 8.00. The topological polar surface area (TPSA) is 787 Å². The summed E-state index contributed by atoms with van der Waals surface area (Å²) in [7, 11) is 0. The number of nitrogens with one attached hydrogen (secondary N) is 15. The second-order valence-corrected chi connectivity index (χ2v) is 32.7. The van der Waals surface area contributed by atoms with Gasteiger partial charge in [0.15, 0.2) is 0 Å². The Morgan fingerprint density at radius 2 is 0.722 bits per heavy atom. The minimum atomic E-state index is -2.03. The Morgan fingerprint density at radius 1 is 0.346 bits per heavy atom. The van der Waals surface area contributed by atoms with Gasteiger partial charge >= 0.3 is 23.9 Å². The summed E-state index contributed by atoms with van der Waals surface area (Å²) < 4.78 is 0. The van der Waals surface area contributed by atoms with Crippen molar-refractivity contribution in [1.82, 2.24) is 69.1 Å². The van der Waals surface area contributed by atoms with Gasteiger partial charge in [0.05, 0.1) is 36.9 Å². The lowest BCUT2D eigenvalue weighted by Crippen LogP contribution is -2.61. The van der Waals surface area contributed by atoms with Gasteiger partial charge in [0.1, 0.15) is 78.3 Å². The van der Waals surface area contributed by atoms with E-state index in [9.17, 15) is 126 Å². The highest BCUT2D eigenvalue weighted by atomic mass is 32.2. The van der Waals surface area contributed by atoms with Gasteiger partial charge in [0.2, 0.25) is 106 Å². The van der Waals surface area contributed by atoms with Crippen molar-refractivity contribution in [2.24, 2.45) is 34.6 Å². The summed E-state index contributed by atoms with van der Waals surface area (Å²) in [5, 5.41) is 84.2. The number of nitrogens with two attached hydrogens (primary N) is 5. The van der Waals surface area contributed by atoms with E-state index in [0.29, 0.717) is 52.4 Å². The number of carbonyl (C=O) groups excluding carboxylic acids is 18. The standard InChI is InChI=1S/C84H114N20O27S2/c1-44(2)71(104-65(109)39-90-74(120)58(37-64(89)108)99-73(119)51(86)35-47-22-24-50(105)25-23-47)83(129)101-57(36-46-15-7-4-8-16-46)79(125)96-53(27-31-63(88)107)76(122)95-55(29-33-69(114)115)78(124)102-61(41-133-43-67(111)93-49-19-11-6-12-20-49)82(128)103-60(40-132-42-66(110)92-48-17-9-5-10-18-48)81(127)97-52(26-30-62(87)106)75(121)91-45(3)72(118)94-54(28-32-68(112)113)77(123)100-59(38-70(116)117)80(126)98-56(84(130)131)21-13-14-34-85/h4-12,15-20,22-25,44-45,51-61,71,105H,13-14,21,26-43,85-86H2,1-3H3,(H2,87,106)(H2,88,107)(H2,89,108)(H,90,120)(H,91,121)(H,92,110)(H,93,111)(H,94,118)(H,95,122)(H,96,125)(H,97,127)(H,98,126)(H,99,119)(H,100,123)(H,101,129)(H,102,124)(H,103,128)(H,104,109)(H,112,113)(H,114,115)(H,116,117)(H,130,131)/t45-,51-,52-,53-,54-,55-,56-,57-,58-,59-,60-,61-,71-/m0/s1. The average molecular weight is 1900 g/mol. The molecule has 18 amide bonds. The van der Waals surface area contributed by atoms with Crippen molar-refractivity contribution in [2.75, 3.05) is 46.7 Å². The van der Waals surface area contributed by atoms with Crippen LogP contribution in [0.2, 0.25) is 0 Å². The van der Waals surface area contributed by atoms with Crippen LogP contribution in [-0.2, 0) is 118 Å². The molecule has 0 aliphatic heterocycles. The number of hydrogen-bond donors (Lipinski definition) is 25. The van der Waals surface area contributed by atoms with Crippen molar-refractivity contribution >= 4 is 165 Å². The van der Waals surface area contributed by atoms with Gasteiger partial charge < -0.3 is 134 Å². The number of anilines is 2. The second kappa shape index (κ2) is 58.3. The fourth-order valence-corrected chi connectivity index (χ4v) is 14.0. The predicted octanol–water partition coefficient (Wildman–Crippen LogP) is -5.32. The summed E-state index contributed by atoms with van der Waals surface area (Å²) >= 11 is 1.41. The quantitative estimate of drug-likeness (QED) is 0.0184. The molecule has 0 saturated heterocycles. The van der Waals surface area contributed by atoms with Crippen molar-refractivity contribution in [3.05, 3.63) is 126 Å². The number of primary amides is 3. The maximum Gasteiger partial charge on any atom is 0.326 e. The van der Waals surface area contributed by atoms with Crippen molar-refractivity contribution in [1.29, 1.82) is 0 Å². The number of carboxylic acid groups (broad SMARTS) is 4. The van der Waals surface area contributed by atoms with E-state index in [4.69, 9.17) is 28.7 Å². The Bertz CT molecular complexity index is 4720. The van der Waals surface area contributed by atoms with Crippen LogP contribution in [0.5, 0.6) is 5.75 Å². The van der Waals surface area contributed by atoms with Crippen LogP contribution in [0.4, 0.5) is 11.4 Å². The van der Waals surface area contributed by atoms with E-state index in [1.807, 2.05) is 0 Å². The van der Waals surface area contributed by atoms with Crippen LogP contribution >= 0.6 is 23.5 Å². The molecule has 133 heavy (non-hydrogen) atoms. The third-order valence-electron chi connectivity index (χ3n) is 19.3. The molecule has 4 aromatic rings. The van der Waals surface area contributed by atoms with E-state index in [2.05, 4.69) is 79.8 Å². The number of benzene rings is 4. The largest absolute Gasteiger partial charge is 0.508 e. The SMILES string of the molecule is CC(C)[C@H](NC(=O)CNC(=O)[C@H](CC(N)=O)NC(=O)[C@@H](N)Cc1ccc(O)cc1)C(=O)N[C@@H](Cc1ccccc1)C(=O)N[C@@H](CCC(N)=O)C(=O)N[C@@H](CCC(=O)O)C(=O)N[C@@H](CSCC(=O)Nc1ccccc1)C(=O)N[C@@H](CSCC(=O)Nc1ccccc1)C(=O)N[C@@H](CCC(N)=O)C(=O)N[C@@H](C)C(=O)N[C@@H](CCC(=O)O)C(=O)N[C@@H](CC(=O)O)C(=O)N[C@@H](CCCCN)C(=O)O. The molecular weight excluding hydrogens is 1790 g/mol. The summed E-state index contributed by atoms with van der Waals surface area (Å²) in [6, 6.07) is 6.34. The molecule has 0 bridgehead atoms. The lowest BCUT2D eigenvalue weighted by atomic mass is 10.00. The van der Waals surface area contributed by atoms with Crippen LogP contribution in [-0.4, -0.2) is 270 Å². The molecule has 0 aliphatic rings. The fraction of sp³-hybridized carbons (Fsp3) is 0.452. The van der Waals surface area contributed by atoms with Gasteiger partial charge in [-0.3, -0.25) is 101 Å². The van der Waals surface area contributed by atoms with Crippen molar-refractivity contribution in [2.45, 2.75) is 196 Å². The molecule has 13 atom stereocenters. The van der Waals surface area contributed by atoms with E-state index in [1.165, 1.54) is 38.1 Å². The number of carbonyl (C=O) groups is 22. The highest BCUT2D eigenvalue weighted by Gasteiger charge is 2.39. The van der Waals surface area contributed by atoms with E-state index >= 15 is 4.79 Å². The van der Waals surface area contributed by atoms with Crippen molar-refractivity contribution < 1.29 is 131 Å². The van der Waals surface area contributed by atoms with Gasteiger partial charge in [-0.05, 0) is 118 Å². The molecule has 49 heteroatoms. The van der Waals surface area contributed by atoms with Gasteiger partial charge in [-0.15, -0.1) is 23.5 Å². The van der Waals surface area contributed by atoms with Gasteiger partial charge in [-0.1, -0.05) is 92.7 Å². The first kappa shape index (κ1) is 111. The molecule has 724 valence electrons. The molecule has 30 N–H and O–H groups in total. The van der Waals surface area contributed by atoms with Crippen LogP contribution < -0.4 is 108 Å². The second-order valence-electron chi connectivity index (χ2n) is 30.6. The first-order chi connectivity index (χ1) is 62.9. The highest BCUT2D eigenvalue weighted by Crippen LogP contribution is 2.18. The van der Waals surface area contributed by atoms with Gasteiger partial charge in [-0.25, -0.2) is 4.79 Å². The number of rotatable bonds is 62. The fourth-order valence-electron chi connectivity index (χ4n) is 12.3. The van der Waals surface area contributed by atoms with E-state index in [-0.39, 0.29) is 38.0 Å². The number of hydrogen-bond acceptors (Lipinski definition) is 27. The Hall–Kier alpha value is -14.4. The first-order valence-corrected chi connectivity index (χ1v) is 44.0. The molecule has 0 spiro atoms. The maximum atomic E-state index is 15.1. The molecule has 0 aromatic heterocycles. The first-order valence-electron chi connectivity index (χ1n) is 41.7. The monoisotopic (exact) mass is 1900 g/mol. The third kappa shape index (κ3) is 43.7. The van der Waals surface area contributed by atoms with Crippen LogP contribution in [0.3, 0.4) is 0 Å². The summed E-state index contributed by atoms with van der Waals surface area (Å²) in [6.45, 7) is 3.31. The number of aromatic hydroxyl groups is 1. The van der Waals surface area contributed by atoms with Crippen molar-refractivity contribution in [3.8, 4) is 5.75 Å². The van der Waals surface area contributed by atoms with E-state index in [0.717, 1.165) is 6.92 Å². The van der Waals surface area contributed by atoms with E-state index in [1.54, 1.807) is 91.0 Å². The van der Waals surface area contributed by atoms with E-state index < -0.39 is 308 Å². The molecule has 0 aliphatic carbocycles. The Kier molecular flexibility index (Phi) is 48.7. The zero-order valence-electron chi connectivity index (χ0n) is 72.8. The molecule has 0 radical (unpaired) electrons. The number of unbranched alkanes of at least 4 members (excludes halogenated alkanes) is 1. The molecule has 0 heterocycles. The number of phenolic OH excluding ortho intramolecular Hbond substituents is 1. The minimum absolute atomic E-state index is 0.0564. The van der Waals surface area contributed by atoms with Gasteiger partial charge in [0.25, 0.3) is 0 Å². The number of para-hydroxylation sites is 2. The molecule has 4 rings (SSSR count). The zero-order chi connectivity index (χ0) is 99.0. The summed E-state index contributed by atoms with van der Waals surface area (Å²) in [5.41, 5.74) is 29.6. The number of amides is 18. The number of aliphatic carboxylic acids is 4. The number of thioether (sulfide) groups is 2. The third-order valence-corrected chi connectivity index (χ3v) is 21.4. The Balaban J connectivity index is 1.71. The molecule has 0 fully saturated rings. The minimum Gasteiger partial charge on any atom is -0.508 e. The molecule has 4 aromatic carbocycles. The summed E-state index contributed by atoms with van der Waals surface area (Å²) in [5.74, 6) is -29.3. The van der Waals surface area contributed by atoms with Crippen LogP contribution in [0.1, 0.15) is 115 Å². The summed E-state index contributed by atoms with van der Waals surface area (Å²) in [6.07, 6.45) is -7.93. The van der Waals surface area contributed by atoms with Crippen molar-refractivity contribution in [3.63, 3.8) is 0 Å². The average Bonchev–Trinajstić information content (AvgIpc) is 0.886. The van der Waals surface area contributed by atoms with Crippen LogP contribution in [0.15, 0.2) is 115 Å². The molecule has 0 unspecified atom stereocenters. The number of carboxylic acids is 4. The smallest absolute Gasteiger partial charge is 0.326 e. The Labute approximate surface area is 770 Å². The summed E-state index contributed by atoms with van der Waals surface area (Å²) in [4.78, 5) is 297.